The maximum Gasteiger partial charge on any atom is 0.265 e. The van der Waals surface area contributed by atoms with Gasteiger partial charge in [-0.05, 0) is 55.0 Å². The van der Waals surface area contributed by atoms with Crippen molar-refractivity contribution >= 4 is 29.0 Å². The van der Waals surface area contributed by atoms with E-state index in [2.05, 4.69) is 5.32 Å². The molecule has 0 radical (unpaired) electrons. The summed E-state index contributed by atoms with van der Waals surface area (Å²) in [6.45, 7) is 0.945. The van der Waals surface area contributed by atoms with Gasteiger partial charge in [0.1, 0.15) is 12.3 Å². The predicted octanol–water partition coefficient (Wildman–Crippen LogP) is 3.76. The lowest BCUT2D eigenvalue weighted by Crippen LogP contribution is -2.43. The van der Waals surface area contributed by atoms with Crippen molar-refractivity contribution < 1.29 is 28.2 Å². The number of hydrogen-bond donors (Lipinski definition) is 1. The van der Waals surface area contributed by atoms with Gasteiger partial charge >= 0.3 is 0 Å². The average Bonchev–Trinajstić information content (AvgIpc) is 2.81. The first-order valence-electron chi connectivity index (χ1n) is 10.2. The Hall–Kier alpha value is -4.20. The van der Waals surface area contributed by atoms with E-state index < -0.39 is 23.4 Å². The summed E-state index contributed by atoms with van der Waals surface area (Å²) in [5, 5.41) is 2.73. The number of nitrogens with zero attached hydrogens (tertiary/aromatic N) is 1. The SMILES string of the molecule is Cc1ccc(F)c(OCC(=O)c2ccc3c(c2)N(CC(=O)Nc2ccccc2)C(=O)CO3)c1. The molecule has 3 aromatic rings. The topological polar surface area (TPSA) is 84.9 Å². The molecule has 8 heteroatoms. The van der Waals surface area contributed by atoms with Crippen LogP contribution in [0, 0.1) is 12.7 Å². The molecule has 0 spiro atoms. The van der Waals surface area contributed by atoms with Gasteiger partial charge in [0, 0.05) is 11.3 Å². The molecule has 1 aliphatic heterocycles. The van der Waals surface area contributed by atoms with E-state index in [9.17, 15) is 18.8 Å². The fraction of sp³-hybridized carbons (Fsp3) is 0.160. The van der Waals surface area contributed by atoms with Gasteiger partial charge in [0.25, 0.3) is 5.91 Å². The molecule has 0 bridgehead atoms. The van der Waals surface area contributed by atoms with Crippen LogP contribution in [-0.4, -0.2) is 37.4 Å². The fourth-order valence-electron chi connectivity index (χ4n) is 3.36. The Kier molecular flexibility index (Phi) is 6.35. The standard InChI is InChI=1S/C25H21FN2O5/c1-16-7-9-19(26)23(11-16)32-14-21(29)17-8-10-22-20(12-17)28(25(31)15-33-22)13-24(30)27-18-5-3-2-4-6-18/h2-12H,13-15H2,1H3,(H,27,30). The molecule has 0 aromatic heterocycles. The molecule has 0 unspecified atom stereocenters. The van der Waals surface area contributed by atoms with Crippen LogP contribution >= 0.6 is 0 Å². The van der Waals surface area contributed by atoms with E-state index in [0.29, 0.717) is 17.1 Å². The maximum absolute atomic E-state index is 13.9. The van der Waals surface area contributed by atoms with Gasteiger partial charge in [-0.25, -0.2) is 4.39 Å². The normalized spacial score (nSPS) is 12.5. The van der Waals surface area contributed by atoms with Crippen LogP contribution in [-0.2, 0) is 9.59 Å². The number of carbonyl (C=O) groups excluding carboxylic acids is 3. The van der Waals surface area contributed by atoms with Gasteiger partial charge in [0.05, 0.1) is 5.69 Å². The van der Waals surface area contributed by atoms with Crippen LogP contribution in [0.4, 0.5) is 15.8 Å². The second kappa shape index (κ2) is 9.52. The van der Waals surface area contributed by atoms with Gasteiger partial charge in [-0.15, -0.1) is 0 Å². The Morgan fingerprint density at radius 2 is 1.88 bits per heavy atom. The number of aryl methyl sites for hydroxylation is 1. The molecule has 0 saturated carbocycles. The minimum absolute atomic E-state index is 0.0148. The molecule has 3 aromatic carbocycles. The zero-order chi connectivity index (χ0) is 23.4. The molecular formula is C25H21FN2O5. The third-order valence-corrected chi connectivity index (χ3v) is 5.03. The molecule has 7 nitrogen and oxygen atoms in total. The lowest BCUT2D eigenvalue weighted by Gasteiger charge is -2.29. The number of fused-ring (bicyclic) bond motifs is 1. The summed E-state index contributed by atoms with van der Waals surface area (Å²) >= 11 is 0. The molecule has 1 N–H and O–H groups in total. The lowest BCUT2D eigenvalue weighted by molar-refractivity contribution is -0.123. The van der Waals surface area contributed by atoms with Crippen molar-refractivity contribution in [2.45, 2.75) is 6.92 Å². The number of ether oxygens (including phenoxy) is 2. The number of amides is 2. The highest BCUT2D eigenvalue weighted by molar-refractivity contribution is 6.06. The lowest BCUT2D eigenvalue weighted by atomic mass is 10.1. The number of Topliss-reactive ketones (excluding diaryl/α,β-unsaturated/α-hetero) is 1. The molecule has 0 fully saturated rings. The predicted molar refractivity (Wildman–Crippen MR) is 120 cm³/mol. The van der Waals surface area contributed by atoms with E-state index in [1.165, 1.54) is 29.2 Å². The monoisotopic (exact) mass is 448 g/mol. The number of carbonyl (C=O) groups is 3. The Morgan fingerprint density at radius 3 is 2.67 bits per heavy atom. The van der Waals surface area contributed by atoms with E-state index in [-0.39, 0.29) is 31.1 Å². The molecule has 33 heavy (non-hydrogen) atoms. The third-order valence-electron chi connectivity index (χ3n) is 5.03. The van der Waals surface area contributed by atoms with Crippen molar-refractivity contribution in [2.24, 2.45) is 0 Å². The van der Waals surface area contributed by atoms with Gasteiger partial charge in [-0.1, -0.05) is 24.3 Å². The first-order chi connectivity index (χ1) is 15.9. The van der Waals surface area contributed by atoms with Crippen LogP contribution in [0.25, 0.3) is 0 Å². The number of rotatable bonds is 7. The van der Waals surface area contributed by atoms with Crippen LogP contribution in [0.3, 0.4) is 0 Å². The molecule has 1 aliphatic rings. The number of nitrogens with one attached hydrogen (secondary N) is 1. The third kappa shape index (κ3) is 5.17. The van der Waals surface area contributed by atoms with Crippen molar-refractivity contribution in [2.75, 3.05) is 30.0 Å². The first-order valence-corrected chi connectivity index (χ1v) is 10.2. The van der Waals surface area contributed by atoms with E-state index in [0.717, 1.165) is 5.56 Å². The summed E-state index contributed by atoms with van der Waals surface area (Å²) in [6.07, 6.45) is 0. The number of anilines is 2. The number of hydrogen-bond acceptors (Lipinski definition) is 5. The zero-order valence-corrected chi connectivity index (χ0v) is 17.8. The summed E-state index contributed by atoms with van der Waals surface area (Å²) in [5.74, 6) is -1.41. The van der Waals surface area contributed by atoms with Crippen LogP contribution < -0.4 is 19.7 Å². The van der Waals surface area contributed by atoms with E-state index in [4.69, 9.17) is 9.47 Å². The molecule has 1 heterocycles. The summed E-state index contributed by atoms with van der Waals surface area (Å²) in [6, 6.07) is 17.8. The number of ketones is 1. The van der Waals surface area contributed by atoms with Gasteiger partial charge in [-0.3, -0.25) is 19.3 Å². The van der Waals surface area contributed by atoms with Crippen LogP contribution in [0.15, 0.2) is 66.7 Å². The van der Waals surface area contributed by atoms with E-state index in [1.807, 2.05) is 6.07 Å². The Bertz CT molecular complexity index is 1210. The van der Waals surface area contributed by atoms with Gasteiger partial charge in [-0.2, -0.15) is 0 Å². The summed E-state index contributed by atoms with van der Waals surface area (Å²) < 4.78 is 24.7. The molecule has 2 amide bonds. The average molecular weight is 448 g/mol. The molecule has 0 aliphatic carbocycles. The van der Waals surface area contributed by atoms with Crippen molar-refractivity contribution in [1.82, 2.24) is 0 Å². The van der Waals surface area contributed by atoms with Crippen LogP contribution in [0.5, 0.6) is 11.5 Å². The number of para-hydroxylation sites is 1. The quantitative estimate of drug-likeness (QED) is 0.557. The maximum atomic E-state index is 13.9. The largest absolute Gasteiger partial charge is 0.482 e. The van der Waals surface area contributed by atoms with Crippen molar-refractivity contribution in [3.8, 4) is 11.5 Å². The molecular weight excluding hydrogens is 427 g/mol. The highest BCUT2D eigenvalue weighted by Gasteiger charge is 2.28. The zero-order valence-electron chi connectivity index (χ0n) is 17.8. The van der Waals surface area contributed by atoms with Crippen LogP contribution in [0.2, 0.25) is 0 Å². The smallest absolute Gasteiger partial charge is 0.265 e. The molecule has 4 rings (SSSR count). The Balaban J connectivity index is 1.49. The minimum atomic E-state index is -0.562. The van der Waals surface area contributed by atoms with E-state index >= 15 is 0 Å². The Labute approximate surface area is 189 Å². The van der Waals surface area contributed by atoms with Gasteiger partial charge in [0.15, 0.2) is 30.6 Å². The highest BCUT2D eigenvalue weighted by atomic mass is 19.1. The fourth-order valence-corrected chi connectivity index (χ4v) is 3.36. The number of benzene rings is 3. The van der Waals surface area contributed by atoms with Crippen molar-refractivity contribution in [1.29, 1.82) is 0 Å². The second-order valence-electron chi connectivity index (χ2n) is 7.51. The minimum Gasteiger partial charge on any atom is -0.482 e. The Morgan fingerprint density at radius 1 is 1.09 bits per heavy atom. The second-order valence-corrected chi connectivity index (χ2v) is 7.51. The van der Waals surface area contributed by atoms with Crippen molar-refractivity contribution in [3.05, 3.63) is 83.7 Å². The number of halogens is 1. The molecule has 0 atom stereocenters. The summed E-state index contributed by atoms with van der Waals surface area (Å²) in [5.41, 5.74) is 1.95. The molecule has 0 saturated heterocycles. The van der Waals surface area contributed by atoms with Crippen molar-refractivity contribution in [3.63, 3.8) is 0 Å². The highest BCUT2D eigenvalue weighted by Crippen LogP contribution is 2.33. The van der Waals surface area contributed by atoms with Crippen LogP contribution in [0.1, 0.15) is 15.9 Å². The van der Waals surface area contributed by atoms with Gasteiger partial charge < -0.3 is 14.8 Å². The van der Waals surface area contributed by atoms with Gasteiger partial charge in [0.2, 0.25) is 5.91 Å². The van der Waals surface area contributed by atoms with E-state index in [1.54, 1.807) is 43.3 Å². The summed E-state index contributed by atoms with van der Waals surface area (Å²) in [7, 11) is 0. The first kappa shape index (κ1) is 22.0. The summed E-state index contributed by atoms with van der Waals surface area (Å²) in [4.78, 5) is 38.9. The molecule has 168 valence electrons.